The summed E-state index contributed by atoms with van der Waals surface area (Å²) in [5.41, 5.74) is 0.0753. The lowest BCUT2D eigenvalue weighted by molar-refractivity contribution is 0.0691. The first-order valence-electron chi connectivity index (χ1n) is 7.09. The van der Waals surface area contributed by atoms with Crippen molar-refractivity contribution >= 4 is 34.3 Å². The third-order valence-corrected chi connectivity index (χ3v) is 4.17. The van der Waals surface area contributed by atoms with Crippen molar-refractivity contribution in [1.82, 2.24) is 4.98 Å². The van der Waals surface area contributed by atoms with Crippen LogP contribution in [0.5, 0.6) is 0 Å². The Morgan fingerprint density at radius 1 is 1.43 bits per heavy atom. The molecule has 0 bridgehead atoms. The van der Waals surface area contributed by atoms with Gasteiger partial charge in [0, 0.05) is 11.4 Å². The van der Waals surface area contributed by atoms with E-state index < -0.39 is 5.97 Å². The van der Waals surface area contributed by atoms with E-state index in [9.17, 15) is 9.90 Å². The highest BCUT2D eigenvalue weighted by molar-refractivity contribution is 7.99. The van der Waals surface area contributed by atoms with Crippen LogP contribution in [-0.4, -0.2) is 33.6 Å². The zero-order valence-electron chi connectivity index (χ0n) is 12.3. The smallest absolute Gasteiger partial charge is 0.354 e. The highest BCUT2D eigenvalue weighted by atomic mass is 32.2. The number of thioether (sulfide) groups is 1. The van der Waals surface area contributed by atoms with Crippen LogP contribution in [0.2, 0.25) is 0 Å². The minimum atomic E-state index is -1.00. The third kappa shape index (κ3) is 4.11. The average molecular weight is 304 g/mol. The molecule has 2 aromatic rings. The molecule has 4 nitrogen and oxygen atoms in total. The SMILES string of the molecule is CCSCCC(C)Nc1nc(C(=O)O)cc2ccccc12. The summed E-state index contributed by atoms with van der Waals surface area (Å²) in [5.74, 6) is 1.85. The van der Waals surface area contributed by atoms with Crippen LogP contribution in [0, 0.1) is 0 Å². The summed E-state index contributed by atoms with van der Waals surface area (Å²) < 4.78 is 0. The zero-order chi connectivity index (χ0) is 15.2. The van der Waals surface area contributed by atoms with E-state index >= 15 is 0 Å². The van der Waals surface area contributed by atoms with Crippen LogP contribution in [0.3, 0.4) is 0 Å². The lowest BCUT2D eigenvalue weighted by atomic mass is 10.1. The molecule has 1 aromatic heterocycles. The number of carbonyl (C=O) groups is 1. The van der Waals surface area contributed by atoms with Crippen LogP contribution < -0.4 is 5.32 Å². The summed E-state index contributed by atoms with van der Waals surface area (Å²) in [5, 5.41) is 14.4. The first kappa shape index (κ1) is 15.6. The van der Waals surface area contributed by atoms with Gasteiger partial charge in [-0.2, -0.15) is 11.8 Å². The predicted octanol–water partition coefficient (Wildman–Crippen LogP) is 3.88. The number of fused-ring (bicyclic) bond motifs is 1. The first-order valence-corrected chi connectivity index (χ1v) is 8.24. The van der Waals surface area contributed by atoms with Crippen molar-refractivity contribution in [3.05, 3.63) is 36.0 Å². The number of rotatable bonds is 7. The van der Waals surface area contributed by atoms with Gasteiger partial charge in [-0.3, -0.25) is 0 Å². The molecular weight excluding hydrogens is 284 g/mol. The van der Waals surface area contributed by atoms with E-state index in [0.29, 0.717) is 5.82 Å². The fourth-order valence-electron chi connectivity index (χ4n) is 2.13. The molecule has 2 N–H and O–H groups in total. The van der Waals surface area contributed by atoms with Gasteiger partial charge in [-0.25, -0.2) is 9.78 Å². The highest BCUT2D eigenvalue weighted by Crippen LogP contribution is 2.23. The molecule has 0 fully saturated rings. The Hall–Kier alpha value is -1.75. The molecule has 0 aliphatic heterocycles. The van der Waals surface area contributed by atoms with E-state index in [-0.39, 0.29) is 11.7 Å². The minimum absolute atomic E-state index is 0.0753. The average Bonchev–Trinajstić information content (AvgIpc) is 2.47. The third-order valence-electron chi connectivity index (χ3n) is 3.24. The molecule has 0 saturated heterocycles. The number of nitrogens with one attached hydrogen (secondary N) is 1. The van der Waals surface area contributed by atoms with Crippen molar-refractivity contribution in [2.75, 3.05) is 16.8 Å². The van der Waals surface area contributed by atoms with Crippen LogP contribution in [0.25, 0.3) is 10.8 Å². The van der Waals surface area contributed by atoms with Crippen LogP contribution in [-0.2, 0) is 0 Å². The summed E-state index contributed by atoms with van der Waals surface area (Å²) in [7, 11) is 0. The van der Waals surface area contributed by atoms with Crippen LogP contribution in [0.1, 0.15) is 30.8 Å². The Kier molecular flexibility index (Phi) is 5.44. The molecule has 0 radical (unpaired) electrons. The lowest BCUT2D eigenvalue weighted by Gasteiger charge is -2.16. The normalized spacial score (nSPS) is 12.3. The van der Waals surface area contributed by atoms with Gasteiger partial charge in [0.1, 0.15) is 5.82 Å². The van der Waals surface area contributed by atoms with E-state index in [1.807, 2.05) is 36.0 Å². The van der Waals surface area contributed by atoms with Crippen molar-refractivity contribution < 1.29 is 9.90 Å². The molecule has 1 heterocycles. The van der Waals surface area contributed by atoms with Crippen molar-refractivity contribution in [2.24, 2.45) is 0 Å². The maximum absolute atomic E-state index is 11.2. The monoisotopic (exact) mass is 304 g/mol. The van der Waals surface area contributed by atoms with Crippen molar-refractivity contribution in [3.63, 3.8) is 0 Å². The maximum atomic E-state index is 11.2. The number of hydrogen-bond donors (Lipinski definition) is 2. The van der Waals surface area contributed by atoms with Gasteiger partial charge in [0.2, 0.25) is 0 Å². The van der Waals surface area contributed by atoms with Gasteiger partial charge in [-0.15, -0.1) is 0 Å². The molecular formula is C16H20N2O2S. The number of aromatic nitrogens is 1. The fourth-order valence-corrected chi connectivity index (χ4v) is 2.94. The van der Waals surface area contributed by atoms with Gasteiger partial charge in [-0.1, -0.05) is 31.2 Å². The number of aromatic carboxylic acids is 1. The molecule has 0 aliphatic carbocycles. The van der Waals surface area contributed by atoms with Gasteiger partial charge in [0.15, 0.2) is 5.69 Å². The number of carboxylic acid groups (broad SMARTS) is 1. The second kappa shape index (κ2) is 7.31. The number of anilines is 1. The molecule has 1 aromatic carbocycles. The van der Waals surface area contributed by atoms with Crippen molar-refractivity contribution in [2.45, 2.75) is 26.3 Å². The van der Waals surface area contributed by atoms with Gasteiger partial charge in [0.05, 0.1) is 0 Å². The topological polar surface area (TPSA) is 62.2 Å². The van der Waals surface area contributed by atoms with Gasteiger partial charge in [0.25, 0.3) is 0 Å². The number of carboxylic acids is 1. The first-order chi connectivity index (χ1) is 10.1. The van der Waals surface area contributed by atoms with Gasteiger partial charge >= 0.3 is 5.97 Å². The molecule has 1 unspecified atom stereocenters. The molecule has 112 valence electrons. The fraction of sp³-hybridized carbons (Fsp3) is 0.375. The van der Waals surface area contributed by atoms with Crippen LogP contribution in [0.15, 0.2) is 30.3 Å². The lowest BCUT2D eigenvalue weighted by Crippen LogP contribution is -2.18. The van der Waals surface area contributed by atoms with Gasteiger partial charge < -0.3 is 10.4 Å². The second-order valence-electron chi connectivity index (χ2n) is 4.91. The molecule has 0 aliphatic rings. The maximum Gasteiger partial charge on any atom is 0.354 e. The summed E-state index contributed by atoms with van der Waals surface area (Å²) >= 11 is 1.90. The quantitative estimate of drug-likeness (QED) is 0.760. The molecule has 0 spiro atoms. The minimum Gasteiger partial charge on any atom is -0.477 e. The van der Waals surface area contributed by atoms with E-state index in [1.54, 1.807) is 6.07 Å². The number of nitrogens with zero attached hydrogens (tertiary/aromatic N) is 1. The molecule has 5 heteroatoms. The summed E-state index contributed by atoms with van der Waals surface area (Å²) in [6.07, 6.45) is 1.02. The Balaban J connectivity index is 2.26. The zero-order valence-corrected chi connectivity index (χ0v) is 13.1. The predicted molar refractivity (Wildman–Crippen MR) is 89.4 cm³/mol. The number of benzene rings is 1. The standard InChI is InChI=1S/C16H20N2O2S/c1-3-21-9-8-11(2)17-15-13-7-5-4-6-12(13)10-14(18-15)16(19)20/h4-7,10-11H,3,8-9H2,1-2H3,(H,17,18)(H,19,20). The molecule has 21 heavy (non-hydrogen) atoms. The largest absolute Gasteiger partial charge is 0.477 e. The van der Waals surface area contributed by atoms with Gasteiger partial charge in [-0.05, 0) is 36.3 Å². The Morgan fingerprint density at radius 2 is 2.19 bits per heavy atom. The van der Waals surface area contributed by atoms with Crippen molar-refractivity contribution in [1.29, 1.82) is 0 Å². The Labute approximate surface area is 129 Å². The highest BCUT2D eigenvalue weighted by Gasteiger charge is 2.12. The van der Waals surface area contributed by atoms with E-state index in [1.165, 1.54) is 0 Å². The van der Waals surface area contributed by atoms with E-state index in [4.69, 9.17) is 0 Å². The molecule has 1 atom stereocenters. The Morgan fingerprint density at radius 3 is 2.90 bits per heavy atom. The van der Waals surface area contributed by atoms with E-state index in [0.717, 1.165) is 28.7 Å². The van der Waals surface area contributed by atoms with Crippen molar-refractivity contribution in [3.8, 4) is 0 Å². The number of pyridine rings is 1. The molecule has 0 saturated carbocycles. The summed E-state index contributed by atoms with van der Waals surface area (Å²) in [6, 6.07) is 9.58. The molecule has 2 rings (SSSR count). The van der Waals surface area contributed by atoms with Crippen LogP contribution in [0.4, 0.5) is 5.82 Å². The number of hydrogen-bond acceptors (Lipinski definition) is 4. The van der Waals surface area contributed by atoms with E-state index in [2.05, 4.69) is 24.1 Å². The van der Waals surface area contributed by atoms with Crippen LogP contribution >= 0.6 is 11.8 Å². The second-order valence-corrected chi connectivity index (χ2v) is 6.31. The summed E-state index contributed by atoms with van der Waals surface area (Å²) in [4.78, 5) is 15.5. The Bertz CT molecular complexity index is 631. The summed E-state index contributed by atoms with van der Waals surface area (Å²) in [6.45, 7) is 4.24. The molecule has 0 amide bonds.